The summed E-state index contributed by atoms with van der Waals surface area (Å²) >= 11 is 18.5. The first-order chi connectivity index (χ1) is 19.9. The minimum Gasteiger partial charge on any atom is -0.494 e. The number of benzene rings is 3. The molecule has 0 spiro atoms. The van der Waals surface area contributed by atoms with Crippen LogP contribution in [-0.4, -0.2) is 50.4 Å². The van der Waals surface area contributed by atoms with Gasteiger partial charge in [0.25, 0.3) is 10.0 Å². The molecule has 3 aromatic carbocycles. The number of nitrogens with zero attached hydrogens (tertiary/aromatic N) is 2. The fraction of sp³-hybridized carbons (Fsp3) is 0.333. The van der Waals surface area contributed by atoms with E-state index in [1.807, 2.05) is 20.8 Å². The number of amides is 2. The summed E-state index contributed by atoms with van der Waals surface area (Å²) < 4.78 is 34.3. The van der Waals surface area contributed by atoms with Crippen molar-refractivity contribution in [2.24, 2.45) is 0 Å². The van der Waals surface area contributed by atoms with Crippen molar-refractivity contribution in [1.29, 1.82) is 0 Å². The second-order valence-electron chi connectivity index (χ2n) is 9.64. The molecule has 0 radical (unpaired) electrons. The Labute approximate surface area is 262 Å². The SMILES string of the molecule is CCOc1ccc(N(CC(=O)N(Cc2ccc(Cl)cc2Cl)C(C)C(=O)NC(C)CC)S(=O)(=O)c2ccc(Cl)cc2)cc1. The Morgan fingerprint density at radius 3 is 2.10 bits per heavy atom. The van der Waals surface area contributed by atoms with E-state index in [0.717, 1.165) is 4.31 Å². The van der Waals surface area contributed by atoms with E-state index in [1.165, 1.54) is 29.2 Å². The number of anilines is 1. The predicted octanol–water partition coefficient (Wildman–Crippen LogP) is 6.57. The topological polar surface area (TPSA) is 96.0 Å². The van der Waals surface area contributed by atoms with E-state index < -0.39 is 28.5 Å². The first-order valence-corrected chi connectivity index (χ1v) is 16.0. The molecule has 2 atom stereocenters. The maximum absolute atomic E-state index is 14.0. The van der Waals surface area contributed by atoms with Gasteiger partial charge in [0.2, 0.25) is 11.8 Å². The van der Waals surface area contributed by atoms with Crippen LogP contribution in [0.25, 0.3) is 0 Å². The maximum atomic E-state index is 14.0. The highest BCUT2D eigenvalue weighted by molar-refractivity contribution is 7.92. The van der Waals surface area contributed by atoms with Crippen molar-refractivity contribution >= 4 is 62.3 Å². The Morgan fingerprint density at radius 1 is 0.905 bits per heavy atom. The zero-order valence-corrected chi connectivity index (χ0v) is 26.9. The maximum Gasteiger partial charge on any atom is 0.264 e. The normalized spacial score (nSPS) is 12.7. The second kappa shape index (κ2) is 15.0. The molecule has 2 unspecified atom stereocenters. The average molecular weight is 655 g/mol. The van der Waals surface area contributed by atoms with Crippen LogP contribution in [-0.2, 0) is 26.2 Å². The number of halogens is 3. The van der Waals surface area contributed by atoms with Gasteiger partial charge in [-0.3, -0.25) is 13.9 Å². The van der Waals surface area contributed by atoms with Crippen molar-refractivity contribution in [3.8, 4) is 5.75 Å². The van der Waals surface area contributed by atoms with Gasteiger partial charge in [0.15, 0.2) is 0 Å². The summed E-state index contributed by atoms with van der Waals surface area (Å²) in [5.74, 6) is -0.444. The summed E-state index contributed by atoms with van der Waals surface area (Å²) in [4.78, 5) is 28.5. The van der Waals surface area contributed by atoms with E-state index in [-0.39, 0.29) is 29.1 Å². The zero-order chi connectivity index (χ0) is 31.0. The lowest BCUT2D eigenvalue weighted by molar-refractivity contribution is -0.139. The number of hydrogen-bond donors (Lipinski definition) is 1. The monoisotopic (exact) mass is 653 g/mol. The van der Waals surface area contributed by atoms with Crippen LogP contribution in [0, 0.1) is 0 Å². The van der Waals surface area contributed by atoms with E-state index in [2.05, 4.69) is 5.32 Å². The number of ether oxygens (including phenoxy) is 1. The van der Waals surface area contributed by atoms with E-state index in [1.54, 1.807) is 49.4 Å². The van der Waals surface area contributed by atoms with Gasteiger partial charge >= 0.3 is 0 Å². The van der Waals surface area contributed by atoms with Crippen molar-refractivity contribution in [3.05, 3.63) is 87.4 Å². The van der Waals surface area contributed by atoms with Gasteiger partial charge in [0, 0.05) is 27.7 Å². The number of carbonyl (C=O) groups excluding carboxylic acids is 2. The Kier molecular flexibility index (Phi) is 11.9. The Balaban J connectivity index is 2.05. The lowest BCUT2D eigenvalue weighted by atomic mass is 10.1. The minimum absolute atomic E-state index is 0.0524. The second-order valence-corrected chi connectivity index (χ2v) is 12.8. The van der Waals surface area contributed by atoms with Crippen molar-refractivity contribution in [3.63, 3.8) is 0 Å². The molecule has 2 amide bonds. The van der Waals surface area contributed by atoms with Crippen LogP contribution in [0.5, 0.6) is 5.75 Å². The van der Waals surface area contributed by atoms with Crippen LogP contribution in [0.15, 0.2) is 71.6 Å². The highest BCUT2D eigenvalue weighted by atomic mass is 35.5. The molecule has 226 valence electrons. The van der Waals surface area contributed by atoms with Crippen LogP contribution in [0.4, 0.5) is 5.69 Å². The molecule has 0 aliphatic heterocycles. The van der Waals surface area contributed by atoms with Gasteiger partial charge in [0.05, 0.1) is 17.2 Å². The fourth-order valence-corrected chi connectivity index (χ4v) is 6.03. The van der Waals surface area contributed by atoms with Gasteiger partial charge in [-0.1, -0.05) is 47.8 Å². The van der Waals surface area contributed by atoms with Crippen molar-refractivity contribution in [1.82, 2.24) is 10.2 Å². The number of hydrogen-bond acceptors (Lipinski definition) is 5. The van der Waals surface area contributed by atoms with Gasteiger partial charge in [-0.2, -0.15) is 0 Å². The van der Waals surface area contributed by atoms with Gasteiger partial charge in [-0.05, 0) is 93.4 Å². The molecule has 0 aliphatic carbocycles. The standard InChI is InChI=1S/C30H34Cl3N3O5S/c1-5-20(3)34-30(38)21(4)35(18-22-7-8-24(32)17-28(22)33)29(37)19-36(25-11-13-26(14-12-25)41-6-2)42(39,40)27-15-9-23(31)10-16-27/h7-17,20-21H,5-6,18-19H2,1-4H3,(H,34,38). The molecule has 0 bridgehead atoms. The molecule has 8 nitrogen and oxygen atoms in total. The molecule has 42 heavy (non-hydrogen) atoms. The number of rotatable bonds is 13. The molecule has 1 N–H and O–H groups in total. The first-order valence-electron chi connectivity index (χ1n) is 13.4. The van der Waals surface area contributed by atoms with E-state index >= 15 is 0 Å². The Bertz CT molecular complexity index is 1490. The van der Waals surface area contributed by atoms with E-state index in [9.17, 15) is 18.0 Å². The molecule has 0 saturated carbocycles. The first kappa shape index (κ1) is 33.5. The number of carbonyl (C=O) groups is 2. The summed E-state index contributed by atoms with van der Waals surface area (Å²) in [6, 6.07) is 15.8. The summed E-state index contributed by atoms with van der Waals surface area (Å²) in [6.45, 7) is 7.01. The lowest BCUT2D eigenvalue weighted by Gasteiger charge is -2.32. The molecule has 3 rings (SSSR count). The highest BCUT2D eigenvalue weighted by Crippen LogP contribution is 2.28. The number of sulfonamides is 1. The quantitative estimate of drug-likeness (QED) is 0.225. The van der Waals surface area contributed by atoms with Crippen LogP contribution >= 0.6 is 34.8 Å². The largest absolute Gasteiger partial charge is 0.494 e. The van der Waals surface area contributed by atoms with Gasteiger partial charge < -0.3 is 15.0 Å². The summed E-state index contributed by atoms with van der Waals surface area (Å²) in [6.07, 6.45) is 0.695. The van der Waals surface area contributed by atoms with Gasteiger partial charge in [0.1, 0.15) is 18.3 Å². The third kappa shape index (κ3) is 8.53. The van der Waals surface area contributed by atoms with Gasteiger partial charge in [-0.15, -0.1) is 0 Å². The molecule has 0 saturated heterocycles. The molecule has 0 aliphatic rings. The number of nitrogens with one attached hydrogen (secondary N) is 1. The summed E-state index contributed by atoms with van der Waals surface area (Å²) in [5, 5.41) is 3.99. The van der Waals surface area contributed by atoms with Crippen molar-refractivity contribution in [2.75, 3.05) is 17.5 Å². The summed E-state index contributed by atoms with van der Waals surface area (Å²) in [7, 11) is -4.24. The molecule has 0 heterocycles. The fourth-order valence-electron chi connectivity index (χ4n) is 4.02. The predicted molar refractivity (Wildman–Crippen MR) is 168 cm³/mol. The van der Waals surface area contributed by atoms with Crippen molar-refractivity contribution in [2.45, 2.75) is 57.6 Å². The smallest absolute Gasteiger partial charge is 0.264 e. The third-order valence-electron chi connectivity index (χ3n) is 6.64. The molecular formula is C30H34Cl3N3O5S. The van der Waals surface area contributed by atoms with E-state index in [0.29, 0.717) is 39.4 Å². The third-order valence-corrected chi connectivity index (χ3v) is 9.27. The van der Waals surface area contributed by atoms with Crippen LogP contribution in [0.3, 0.4) is 0 Å². The Morgan fingerprint density at radius 2 is 1.52 bits per heavy atom. The Hall–Kier alpha value is -2.98. The highest BCUT2D eigenvalue weighted by Gasteiger charge is 2.33. The van der Waals surface area contributed by atoms with Crippen LogP contribution in [0.1, 0.15) is 39.7 Å². The molecule has 3 aromatic rings. The van der Waals surface area contributed by atoms with E-state index in [4.69, 9.17) is 39.5 Å². The van der Waals surface area contributed by atoms with Gasteiger partial charge in [-0.25, -0.2) is 8.42 Å². The van der Waals surface area contributed by atoms with Crippen LogP contribution in [0.2, 0.25) is 15.1 Å². The molecule has 0 fully saturated rings. The molecular weight excluding hydrogens is 621 g/mol. The lowest BCUT2D eigenvalue weighted by Crippen LogP contribution is -2.52. The summed E-state index contributed by atoms with van der Waals surface area (Å²) in [5.41, 5.74) is 0.786. The minimum atomic E-state index is -4.24. The molecule has 12 heteroatoms. The average Bonchev–Trinajstić information content (AvgIpc) is 2.95. The van der Waals surface area contributed by atoms with Crippen LogP contribution < -0.4 is 14.4 Å². The van der Waals surface area contributed by atoms with Crippen molar-refractivity contribution < 1.29 is 22.7 Å². The molecule has 0 aromatic heterocycles. The zero-order valence-electron chi connectivity index (χ0n) is 23.8.